The number of carbonyl (C=O) groups excluding carboxylic acids is 1. The summed E-state index contributed by atoms with van der Waals surface area (Å²) in [6, 6.07) is 3.83. The van der Waals surface area contributed by atoms with Gasteiger partial charge in [-0.05, 0) is 43.0 Å². The zero-order valence-corrected chi connectivity index (χ0v) is 13.8. The summed E-state index contributed by atoms with van der Waals surface area (Å²) in [5.74, 6) is 1.37. The molecule has 1 amide bonds. The van der Waals surface area contributed by atoms with Gasteiger partial charge < -0.3 is 20.1 Å². The summed E-state index contributed by atoms with van der Waals surface area (Å²) in [7, 11) is 4.99. The third-order valence-electron chi connectivity index (χ3n) is 3.81. The second kappa shape index (κ2) is 6.54. The molecule has 0 aliphatic heterocycles. The van der Waals surface area contributed by atoms with Crippen molar-refractivity contribution in [2.75, 3.05) is 21.3 Å². The van der Waals surface area contributed by atoms with E-state index in [1.54, 1.807) is 26.2 Å². The molecule has 0 heterocycles. The largest absolute Gasteiger partial charge is 0.493 e. The van der Waals surface area contributed by atoms with Crippen LogP contribution in [0.15, 0.2) is 12.1 Å². The van der Waals surface area contributed by atoms with Gasteiger partial charge in [0.05, 0.1) is 19.8 Å². The molecular weight excluding hydrogens is 292 g/mol. The fourth-order valence-corrected chi connectivity index (χ4v) is 2.25. The number of ether oxygens (including phenoxy) is 2. The summed E-state index contributed by atoms with van der Waals surface area (Å²) in [5.41, 5.74) is 7.41. The van der Waals surface area contributed by atoms with Crippen LogP contribution in [0.1, 0.15) is 24.0 Å². The second-order valence-corrected chi connectivity index (χ2v) is 5.45. The monoisotopic (exact) mass is 314 g/mol. The number of benzene rings is 1. The maximum Gasteiger partial charge on any atom is 0.242 e. The molecule has 1 saturated carbocycles. The van der Waals surface area contributed by atoms with Gasteiger partial charge in [0.25, 0.3) is 0 Å². The Labute approximate surface area is 131 Å². The lowest BCUT2D eigenvalue weighted by molar-refractivity contribution is -0.132. The number of nitrogens with zero attached hydrogens (tertiary/aromatic N) is 1. The first-order valence-electron chi connectivity index (χ1n) is 6.67. The molecule has 0 unspecified atom stereocenters. The van der Waals surface area contributed by atoms with Crippen LogP contribution in [0.2, 0.25) is 0 Å². The number of amides is 1. The highest BCUT2D eigenvalue weighted by molar-refractivity contribution is 5.88. The fourth-order valence-electron chi connectivity index (χ4n) is 2.25. The number of hydrogen-bond acceptors (Lipinski definition) is 4. The van der Waals surface area contributed by atoms with Crippen LogP contribution < -0.4 is 15.2 Å². The van der Waals surface area contributed by atoms with Crippen molar-refractivity contribution in [3.63, 3.8) is 0 Å². The third-order valence-corrected chi connectivity index (χ3v) is 3.81. The molecule has 0 saturated heterocycles. The Balaban J connectivity index is 0.00000220. The van der Waals surface area contributed by atoms with E-state index in [1.165, 1.54) is 0 Å². The van der Waals surface area contributed by atoms with Crippen molar-refractivity contribution in [2.45, 2.75) is 31.8 Å². The number of hydrogen-bond donors (Lipinski definition) is 1. The van der Waals surface area contributed by atoms with Gasteiger partial charge in [0.2, 0.25) is 5.91 Å². The van der Waals surface area contributed by atoms with Gasteiger partial charge in [0.15, 0.2) is 11.5 Å². The van der Waals surface area contributed by atoms with Crippen molar-refractivity contribution < 1.29 is 14.3 Å². The van der Waals surface area contributed by atoms with Crippen LogP contribution in [0, 0.1) is 6.92 Å². The number of nitrogens with two attached hydrogens (primary N) is 1. The average Bonchev–Trinajstić information content (AvgIpc) is 3.18. The molecular formula is C15H23ClN2O3. The lowest BCUT2D eigenvalue weighted by Gasteiger charge is -2.22. The Morgan fingerprint density at radius 1 is 1.29 bits per heavy atom. The van der Waals surface area contributed by atoms with Crippen molar-refractivity contribution in [1.82, 2.24) is 4.90 Å². The molecule has 0 radical (unpaired) electrons. The van der Waals surface area contributed by atoms with E-state index < -0.39 is 5.54 Å². The van der Waals surface area contributed by atoms with E-state index in [0.29, 0.717) is 18.0 Å². The molecule has 0 bridgehead atoms. The Morgan fingerprint density at radius 2 is 1.81 bits per heavy atom. The number of methoxy groups -OCH3 is 2. The molecule has 2 N–H and O–H groups in total. The smallest absolute Gasteiger partial charge is 0.242 e. The molecule has 21 heavy (non-hydrogen) atoms. The Kier molecular flexibility index (Phi) is 5.48. The molecule has 118 valence electrons. The van der Waals surface area contributed by atoms with Gasteiger partial charge in [-0.1, -0.05) is 0 Å². The van der Waals surface area contributed by atoms with Gasteiger partial charge in [-0.3, -0.25) is 4.79 Å². The zero-order valence-electron chi connectivity index (χ0n) is 12.9. The first-order chi connectivity index (χ1) is 9.41. The van der Waals surface area contributed by atoms with Crippen LogP contribution in [0.3, 0.4) is 0 Å². The highest BCUT2D eigenvalue weighted by Gasteiger charge is 2.47. The molecule has 0 aromatic heterocycles. The maximum absolute atomic E-state index is 12.2. The van der Waals surface area contributed by atoms with E-state index in [1.807, 2.05) is 19.1 Å². The Hall–Kier alpha value is -1.46. The van der Waals surface area contributed by atoms with Crippen LogP contribution >= 0.6 is 12.4 Å². The molecule has 1 aromatic carbocycles. The lowest BCUT2D eigenvalue weighted by atomic mass is 10.1. The summed E-state index contributed by atoms with van der Waals surface area (Å²) in [6.07, 6.45) is 1.56. The van der Waals surface area contributed by atoms with Crippen LogP contribution in [-0.4, -0.2) is 37.6 Å². The van der Waals surface area contributed by atoms with Crippen molar-refractivity contribution in [2.24, 2.45) is 5.73 Å². The van der Waals surface area contributed by atoms with Gasteiger partial charge in [0.1, 0.15) is 0 Å². The average molecular weight is 315 g/mol. The maximum atomic E-state index is 12.2. The van der Waals surface area contributed by atoms with E-state index in [0.717, 1.165) is 24.0 Å². The second-order valence-electron chi connectivity index (χ2n) is 5.45. The van der Waals surface area contributed by atoms with Gasteiger partial charge in [0, 0.05) is 13.6 Å². The van der Waals surface area contributed by atoms with Crippen LogP contribution in [-0.2, 0) is 11.3 Å². The van der Waals surface area contributed by atoms with Crippen molar-refractivity contribution in [3.05, 3.63) is 23.3 Å². The van der Waals surface area contributed by atoms with E-state index in [2.05, 4.69) is 0 Å². The molecule has 1 aromatic rings. The number of rotatable bonds is 5. The molecule has 2 rings (SSSR count). The number of aryl methyl sites for hydroxylation is 1. The number of carbonyl (C=O) groups is 1. The van der Waals surface area contributed by atoms with E-state index in [4.69, 9.17) is 15.2 Å². The van der Waals surface area contributed by atoms with Crippen molar-refractivity contribution >= 4 is 18.3 Å². The number of halogens is 1. The zero-order chi connectivity index (χ0) is 14.9. The molecule has 1 fully saturated rings. The van der Waals surface area contributed by atoms with E-state index in [9.17, 15) is 4.79 Å². The minimum absolute atomic E-state index is 0. The first-order valence-corrected chi connectivity index (χ1v) is 6.67. The van der Waals surface area contributed by atoms with Crippen molar-refractivity contribution in [3.8, 4) is 11.5 Å². The Morgan fingerprint density at radius 3 is 2.29 bits per heavy atom. The molecule has 1 aliphatic carbocycles. The molecule has 0 spiro atoms. The van der Waals surface area contributed by atoms with Crippen LogP contribution in [0.5, 0.6) is 11.5 Å². The summed E-state index contributed by atoms with van der Waals surface area (Å²) >= 11 is 0. The minimum atomic E-state index is -0.626. The fraction of sp³-hybridized carbons (Fsp3) is 0.533. The van der Waals surface area contributed by atoms with E-state index in [-0.39, 0.29) is 18.3 Å². The predicted molar refractivity (Wildman–Crippen MR) is 84.2 cm³/mol. The highest BCUT2D eigenvalue weighted by Crippen LogP contribution is 2.35. The quantitative estimate of drug-likeness (QED) is 0.901. The standard InChI is InChI=1S/C15H22N2O3.ClH/c1-10-7-12(19-3)13(20-4)8-11(10)9-17(2)14(18)15(16)5-6-15;/h7-8H,5-6,9,16H2,1-4H3;1H. The van der Waals surface area contributed by atoms with Crippen molar-refractivity contribution in [1.29, 1.82) is 0 Å². The third kappa shape index (κ3) is 3.60. The SMILES string of the molecule is COc1cc(C)c(CN(C)C(=O)C2(N)CC2)cc1OC.Cl. The normalized spacial score (nSPS) is 14.9. The molecule has 6 heteroatoms. The minimum Gasteiger partial charge on any atom is -0.493 e. The molecule has 5 nitrogen and oxygen atoms in total. The van der Waals surface area contributed by atoms with Gasteiger partial charge in [-0.25, -0.2) is 0 Å². The topological polar surface area (TPSA) is 64.8 Å². The summed E-state index contributed by atoms with van der Waals surface area (Å²) < 4.78 is 10.6. The molecule has 0 atom stereocenters. The summed E-state index contributed by atoms with van der Waals surface area (Å²) in [6.45, 7) is 2.51. The summed E-state index contributed by atoms with van der Waals surface area (Å²) in [4.78, 5) is 13.8. The van der Waals surface area contributed by atoms with E-state index >= 15 is 0 Å². The predicted octanol–water partition coefficient (Wildman–Crippen LogP) is 1.88. The highest BCUT2D eigenvalue weighted by atomic mass is 35.5. The first kappa shape index (κ1) is 17.6. The van der Waals surface area contributed by atoms with Gasteiger partial charge in [-0.15, -0.1) is 12.4 Å². The summed E-state index contributed by atoms with van der Waals surface area (Å²) in [5, 5.41) is 0. The van der Waals surface area contributed by atoms with Gasteiger partial charge >= 0.3 is 0 Å². The van der Waals surface area contributed by atoms with Gasteiger partial charge in [-0.2, -0.15) is 0 Å². The van der Waals surface area contributed by atoms with Crippen LogP contribution in [0.4, 0.5) is 0 Å². The molecule has 1 aliphatic rings. The van der Waals surface area contributed by atoms with Crippen LogP contribution in [0.25, 0.3) is 0 Å². The Bertz CT molecular complexity index is 530. The number of likely N-dealkylation sites (N-methyl/N-ethyl adjacent to an activating group) is 1. The lowest BCUT2D eigenvalue weighted by Crippen LogP contribution is -2.43.